The second-order valence-corrected chi connectivity index (χ2v) is 7.76. The number of ether oxygens (including phenoxy) is 4. The average Bonchev–Trinajstić information content (AvgIpc) is 2.79. The fourth-order valence-corrected chi connectivity index (χ4v) is 3.21. The lowest BCUT2D eigenvalue weighted by atomic mass is 10.0. The van der Waals surface area contributed by atoms with Gasteiger partial charge in [-0.05, 0) is 35.7 Å². The highest BCUT2D eigenvalue weighted by atomic mass is 32.3. The highest BCUT2D eigenvalue weighted by Crippen LogP contribution is 2.36. The summed E-state index contributed by atoms with van der Waals surface area (Å²) in [6, 6.07) is 12.1. The Morgan fingerprint density at radius 2 is 1.28 bits per heavy atom. The van der Waals surface area contributed by atoms with Gasteiger partial charge in [0.15, 0.2) is 28.7 Å². The number of aromatic nitrogens is 1. The molecular formula is C22H27NO8S. The van der Waals surface area contributed by atoms with E-state index in [2.05, 4.69) is 28.8 Å². The van der Waals surface area contributed by atoms with Gasteiger partial charge in [-0.1, -0.05) is 0 Å². The zero-order chi connectivity index (χ0) is 24.1. The van der Waals surface area contributed by atoms with E-state index in [0.717, 1.165) is 40.6 Å². The molecule has 0 aliphatic rings. The Labute approximate surface area is 188 Å². The van der Waals surface area contributed by atoms with Gasteiger partial charge < -0.3 is 23.5 Å². The van der Waals surface area contributed by atoms with Crippen LogP contribution in [0.15, 0.2) is 36.4 Å². The van der Waals surface area contributed by atoms with Crippen LogP contribution in [-0.4, -0.2) is 48.5 Å². The minimum absolute atomic E-state index is 0.704. The number of benzene rings is 2. The highest BCUT2D eigenvalue weighted by Gasteiger charge is 2.20. The topological polar surface area (TPSA) is 107 Å². The Morgan fingerprint density at radius 3 is 1.78 bits per heavy atom. The van der Waals surface area contributed by atoms with Crippen molar-refractivity contribution in [2.75, 3.05) is 35.5 Å². The molecule has 3 rings (SSSR count). The zero-order valence-electron chi connectivity index (χ0n) is 19.1. The molecule has 32 heavy (non-hydrogen) atoms. The second kappa shape index (κ2) is 10.5. The van der Waals surface area contributed by atoms with Gasteiger partial charge in [0.05, 0.1) is 46.5 Å². The largest absolute Gasteiger partial charge is 0.726 e. The molecule has 0 fully saturated rings. The summed E-state index contributed by atoms with van der Waals surface area (Å²) in [5.41, 5.74) is 3.25. The van der Waals surface area contributed by atoms with Gasteiger partial charge in [0, 0.05) is 13.0 Å². The molecule has 0 amide bonds. The first-order valence-electron chi connectivity index (χ1n) is 9.39. The molecule has 174 valence electrons. The van der Waals surface area contributed by atoms with Gasteiger partial charge in [-0.2, -0.15) is 4.57 Å². The molecule has 0 unspecified atom stereocenters. The van der Waals surface area contributed by atoms with Gasteiger partial charge in [0.25, 0.3) is 0 Å². The van der Waals surface area contributed by atoms with Gasteiger partial charge in [0.1, 0.15) is 7.05 Å². The number of pyridine rings is 1. The molecule has 3 aromatic rings. The van der Waals surface area contributed by atoms with Crippen LogP contribution >= 0.6 is 0 Å². The SMILES string of the molecule is COS(=O)(=O)[O-].COc1ccc(-c2cc3cc(OC)c(OC)cc3c(C)[n+]2C)cc1OC. The van der Waals surface area contributed by atoms with Crippen LogP contribution in [0.1, 0.15) is 5.69 Å². The van der Waals surface area contributed by atoms with Gasteiger partial charge in [-0.15, -0.1) is 0 Å². The first kappa shape index (κ1) is 25.2. The van der Waals surface area contributed by atoms with E-state index in [0.29, 0.717) is 17.2 Å². The molecule has 0 saturated heterocycles. The summed E-state index contributed by atoms with van der Waals surface area (Å²) >= 11 is 0. The molecule has 0 aliphatic carbocycles. The van der Waals surface area contributed by atoms with E-state index in [-0.39, 0.29) is 0 Å². The molecule has 0 N–H and O–H groups in total. The predicted molar refractivity (Wildman–Crippen MR) is 118 cm³/mol. The molecule has 1 aromatic heterocycles. The number of hydrogen-bond donors (Lipinski definition) is 0. The monoisotopic (exact) mass is 465 g/mol. The van der Waals surface area contributed by atoms with Crippen LogP contribution in [0.3, 0.4) is 0 Å². The van der Waals surface area contributed by atoms with E-state index in [9.17, 15) is 13.0 Å². The Morgan fingerprint density at radius 1 is 0.781 bits per heavy atom. The molecule has 9 nitrogen and oxygen atoms in total. The van der Waals surface area contributed by atoms with Crippen molar-refractivity contribution in [3.63, 3.8) is 0 Å². The maximum atomic E-state index is 9.22. The van der Waals surface area contributed by atoms with Gasteiger partial charge in [-0.3, -0.25) is 4.18 Å². The first-order valence-corrected chi connectivity index (χ1v) is 10.7. The number of nitrogens with zero attached hydrogens (tertiary/aromatic N) is 1. The number of methoxy groups -OCH3 is 4. The van der Waals surface area contributed by atoms with Crippen LogP contribution in [-0.2, 0) is 21.6 Å². The van der Waals surface area contributed by atoms with Crippen LogP contribution in [0.25, 0.3) is 22.0 Å². The van der Waals surface area contributed by atoms with Gasteiger partial charge >= 0.3 is 0 Å². The minimum atomic E-state index is -4.41. The van der Waals surface area contributed by atoms with Crippen molar-refractivity contribution in [1.82, 2.24) is 0 Å². The molecule has 0 aliphatic heterocycles. The first-order chi connectivity index (χ1) is 15.1. The van der Waals surface area contributed by atoms with Crippen molar-refractivity contribution in [2.45, 2.75) is 6.92 Å². The Balaban J connectivity index is 0.000000534. The Kier molecular flexibility index (Phi) is 8.25. The third-order valence-corrected chi connectivity index (χ3v) is 5.39. The van der Waals surface area contributed by atoms with E-state index in [4.69, 9.17) is 18.9 Å². The number of rotatable bonds is 6. The maximum Gasteiger partial charge on any atom is 0.217 e. The fourth-order valence-electron chi connectivity index (χ4n) is 3.21. The van der Waals surface area contributed by atoms with E-state index in [1.807, 2.05) is 30.3 Å². The summed E-state index contributed by atoms with van der Waals surface area (Å²) < 4.78 is 54.9. The third-order valence-electron chi connectivity index (χ3n) is 4.99. The zero-order valence-corrected chi connectivity index (χ0v) is 19.9. The highest BCUT2D eigenvalue weighted by molar-refractivity contribution is 7.80. The van der Waals surface area contributed by atoms with Crippen LogP contribution in [0, 0.1) is 6.92 Å². The summed E-state index contributed by atoms with van der Waals surface area (Å²) in [5.74, 6) is 2.85. The molecule has 0 atom stereocenters. The molecular weight excluding hydrogens is 438 g/mol. The molecule has 2 aromatic carbocycles. The summed E-state index contributed by atoms with van der Waals surface area (Å²) in [6.45, 7) is 2.10. The van der Waals surface area contributed by atoms with Crippen LogP contribution in [0.2, 0.25) is 0 Å². The van der Waals surface area contributed by atoms with E-state index in [1.54, 1.807) is 28.4 Å². The van der Waals surface area contributed by atoms with Crippen molar-refractivity contribution in [3.8, 4) is 34.3 Å². The summed E-state index contributed by atoms with van der Waals surface area (Å²) in [5, 5.41) is 2.21. The maximum absolute atomic E-state index is 9.22. The molecule has 1 heterocycles. The fraction of sp³-hybridized carbons (Fsp3) is 0.318. The number of aryl methyl sites for hydroxylation is 1. The quantitative estimate of drug-likeness (QED) is 0.311. The normalized spacial score (nSPS) is 10.9. The van der Waals surface area contributed by atoms with Crippen molar-refractivity contribution in [2.24, 2.45) is 7.05 Å². The van der Waals surface area contributed by atoms with Crippen LogP contribution in [0.4, 0.5) is 0 Å². The van der Waals surface area contributed by atoms with Crippen molar-refractivity contribution in [1.29, 1.82) is 0 Å². The smallest absolute Gasteiger partial charge is 0.217 e. The van der Waals surface area contributed by atoms with Crippen LogP contribution < -0.4 is 23.5 Å². The molecule has 10 heteroatoms. The standard InChI is InChI=1S/C21H24NO4.CH4O4S/c1-13-16-12-21(26-6)20(25-5)11-15(16)9-17(22(13)2)14-7-8-18(23-3)19(10-14)24-4;1-5-6(2,3)4/h7-12H,1-6H3;1H3,(H,2,3,4)/q+1;/p-1. The summed E-state index contributed by atoms with van der Waals surface area (Å²) in [4.78, 5) is 0. The van der Waals surface area contributed by atoms with Crippen molar-refractivity contribution < 1.29 is 40.7 Å². The summed E-state index contributed by atoms with van der Waals surface area (Å²) in [6.07, 6.45) is 0. The second-order valence-electron chi connectivity index (χ2n) is 6.61. The lowest BCUT2D eigenvalue weighted by Gasteiger charge is -2.13. The lowest BCUT2D eigenvalue weighted by molar-refractivity contribution is -0.665. The minimum Gasteiger partial charge on any atom is -0.726 e. The number of hydrogen-bond acceptors (Lipinski definition) is 8. The Bertz CT molecular complexity index is 1210. The van der Waals surface area contributed by atoms with Gasteiger partial charge in [-0.25, -0.2) is 8.42 Å². The molecule has 0 saturated carbocycles. The van der Waals surface area contributed by atoms with Crippen LogP contribution in [0.5, 0.6) is 23.0 Å². The summed E-state index contributed by atoms with van der Waals surface area (Å²) in [7, 11) is 5.03. The molecule has 0 bridgehead atoms. The van der Waals surface area contributed by atoms with E-state index >= 15 is 0 Å². The Hall–Kier alpha value is -3.08. The third kappa shape index (κ3) is 5.58. The molecule has 0 spiro atoms. The average molecular weight is 466 g/mol. The van der Waals surface area contributed by atoms with E-state index in [1.165, 1.54) is 0 Å². The van der Waals surface area contributed by atoms with Crippen molar-refractivity contribution >= 4 is 21.2 Å². The van der Waals surface area contributed by atoms with E-state index < -0.39 is 10.4 Å². The van der Waals surface area contributed by atoms with Crippen molar-refractivity contribution in [3.05, 3.63) is 42.1 Å². The lowest BCUT2D eigenvalue weighted by Crippen LogP contribution is -2.34. The van der Waals surface area contributed by atoms with Gasteiger partial charge in [0.2, 0.25) is 16.1 Å². The molecule has 0 radical (unpaired) electrons. The predicted octanol–water partition coefficient (Wildman–Crippen LogP) is 2.77. The number of fused-ring (bicyclic) bond motifs is 1.